The first-order valence-corrected chi connectivity index (χ1v) is 13.6. The predicted molar refractivity (Wildman–Crippen MR) is 137 cm³/mol. The Bertz CT molecular complexity index is 584. The molecule has 0 saturated heterocycles. The van der Waals surface area contributed by atoms with Gasteiger partial charge in [-0.15, -0.1) is 0 Å². The molecule has 3 nitrogen and oxygen atoms in total. The molecule has 1 N–H and O–H groups in total. The van der Waals surface area contributed by atoms with E-state index in [0.717, 1.165) is 31.2 Å². The highest BCUT2D eigenvalue weighted by molar-refractivity contribution is 5.90. The topological polar surface area (TPSA) is 46.2 Å². The van der Waals surface area contributed by atoms with Crippen LogP contribution in [0.25, 0.3) is 0 Å². The van der Waals surface area contributed by atoms with E-state index in [-0.39, 0.29) is 11.7 Å². The van der Waals surface area contributed by atoms with Gasteiger partial charge in [0.05, 0.1) is 0 Å². The molecule has 3 heteroatoms. The molecule has 0 aliphatic rings. The minimum absolute atomic E-state index is 0.00844. The SMILES string of the molecule is CCCCCCCCCCC(=O)N[C@@H](C(=O)CCCCCCCCCC)c1ccccc1. The lowest BCUT2D eigenvalue weighted by molar-refractivity contribution is -0.128. The highest BCUT2D eigenvalue weighted by atomic mass is 16.2. The smallest absolute Gasteiger partial charge is 0.220 e. The van der Waals surface area contributed by atoms with Crippen molar-refractivity contribution in [2.24, 2.45) is 0 Å². The summed E-state index contributed by atoms with van der Waals surface area (Å²) in [4.78, 5) is 25.5. The zero-order valence-electron chi connectivity index (χ0n) is 21.0. The second-order valence-electron chi connectivity index (χ2n) is 9.33. The molecule has 0 bridgehead atoms. The van der Waals surface area contributed by atoms with E-state index in [0.29, 0.717) is 12.8 Å². The summed E-state index contributed by atoms with van der Waals surface area (Å²) < 4.78 is 0. The van der Waals surface area contributed by atoms with Gasteiger partial charge in [-0.25, -0.2) is 0 Å². The molecule has 182 valence electrons. The fourth-order valence-electron chi connectivity index (χ4n) is 4.23. The number of amides is 1. The van der Waals surface area contributed by atoms with Crippen LogP contribution in [0, 0.1) is 0 Å². The lowest BCUT2D eigenvalue weighted by atomic mass is 9.97. The molecule has 1 aromatic rings. The number of rotatable bonds is 21. The molecule has 1 atom stereocenters. The van der Waals surface area contributed by atoms with Gasteiger partial charge in [-0.3, -0.25) is 9.59 Å². The largest absolute Gasteiger partial charge is 0.342 e. The van der Waals surface area contributed by atoms with Crippen LogP contribution in [-0.4, -0.2) is 11.7 Å². The summed E-state index contributed by atoms with van der Waals surface area (Å²) in [5.74, 6) is 0.153. The van der Waals surface area contributed by atoms with Gasteiger partial charge in [-0.2, -0.15) is 0 Å². The normalized spacial score (nSPS) is 11.9. The molecule has 0 fully saturated rings. The Morgan fingerprint density at radius 3 is 1.56 bits per heavy atom. The minimum atomic E-state index is -0.498. The monoisotopic (exact) mass is 443 g/mol. The average molecular weight is 444 g/mol. The Morgan fingerprint density at radius 1 is 0.625 bits per heavy atom. The fraction of sp³-hybridized carbons (Fsp3) is 0.724. The van der Waals surface area contributed by atoms with Crippen molar-refractivity contribution >= 4 is 11.7 Å². The lowest BCUT2D eigenvalue weighted by Gasteiger charge is -2.18. The van der Waals surface area contributed by atoms with Crippen LogP contribution in [0.15, 0.2) is 30.3 Å². The second kappa shape index (κ2) is 20.0. The summed E-state index contributed by atoms with van der Waals surface area (Å²) in [6.45, 7) is 4.48. The summed E-state index contributed by atoms with van der Waals surface area (Å²) in [6, 6.07) is 9.24. The predicted octanol–water partition coefficient (Wildman–Crippen LogP) is 8.47. The highest BCUT2D eigenvalue weighted by Gasteiger charge is 2.21. The number of hydrogen-bond acceptors (Lipinski definition) is 2. The summed E-state index contributed by atoms with van der Waals surface area (Å²) in [7, 11) is 0. The first kappa shape index (κ1) is 28.4. The molecular formula is C29H49NO2. The molecule has 0 spiro atoms. The number of hydrogen-bond donors (Lipinski definition) is 1. The van der Waals surface area contributed by atoms with Crippen LogP contribution in [0.5, 0.6) is 0 Å². The Morgan fingerprint density at radius 2 is 1.06 bits per heavy atom. The number of carbonyl (C=O) groups is 2. The van der Waals surface area contributed by atoms with E-state index in [1.54, 1.807) is 0 Å². The van der Waals surface area contributed by atoms with Gasteiger partial charge in [0.15, 0.2) is 5.78 Å². The van der Waals surface area contributed by atoms with Crippen LogP contribution in [0.1, 0.15) is 141 Å². The van der Waals surface area contributed by atoms with E-state index in [4.69, 9.17) is 0 Å². The van der Waals surface area contributed by atoms with Gasteiger partial charge in [0.1, 0.15) is 6.04 Å². The molecule has 1 rings (SSSR count). The van der Waals surface area contributed by atoms with Crippen LogP contribution >= 0.6 is 0 Å². The zero-order chi connectivity index (χ0) is 23.3. The summed E-state index contributed by atoms with van der Waals surface area (Å²) in [6.07, 6.45) is 20.5. The fourth-order valence-corrected chi connectivity index (χ4v) is 4.23. The van der Waals surface area contributed by atoms with Crippen LogP contribution in [0.4, 0.5) is 0 Å². The molecule has 0 saturated carbocycles. The van der Waals surface area contributed by atoms with Gasteiger partial charge in [0.25, 0.3) is 0 Å². The van der Waals surface area contributed by atoms with E-state index < -0.39 is 6.04 Å². The van der Waals surface area contributed by atoms with Crippen LogP contribution in [0.3, 0.4) is 0 Å². The van der Waals surface area contributed by atoms with Crippen molar-refractivity contribution in [3.05, 3.63) is 35.9 Å². The summed E-state index contributed by atoms with van der Waals surface area (Å²) >= 11 is 0. The average Bonchev–Trinajstić information content (AvgIpc) is 2.81. The van der Waals surface area contributed by atoms with E-state index >= 15 is 0 Å². The van der Waals surface area contributed by atoms with E-state index in [1.165, 1.54) is 77.0 Å². The van der Waals surface area contributed by atoms with Gasteiger partial charge in [-0.05, 0) is 18.4 Å². The third-order valence-corrected chi connectivity index (χ3v) is 6.29. The minimum Gasteiger partial charge on any atom is -0.342 e. The van der Waals surface area contributed by atoms with E-state index in [2.05, 4.69) is 19.2 Å². The molecule has 0 unspecified atom stereocenters. The number of ketones is 1. The van der Waals surface area contributed by atoms with Crippen LogP contribution < -0.4 is 5.32 Å². The molecular weight excluding hydrogens is 394 g/mol. The Hall–Kier alpha value is -1.64. The van der Waals surface area contributed by atoms with Crippen molar-refractivity contribution in [2.75, 3.05) is 0 Å². The summed E-state index contributed by atoms with van der Waals surface area (Å²) in [5, 5.41) is 3.04. The maximum Gasteiger partial charge on any atom is 0.220 e. The quantitative estimate of drug-likeness (QED) is 0.194. The van der Waals surface area contributed by atoms with Gasteiger partial charge < -0.3 is 5.32 Å². The molecule has 1 aromatic carbocycles. The van der Waals surface area contributed by atoms with Crippen molar-refractivity contribution in [3.63, 3.8) is 0 Å². The lowest BCUT2D eigenvalue weighted by Crippen LogP contribution is -2.33. The van der Waals surface area contributed by atoms with Crippen molar-refractivity contribution < 1.29 is 9.59 Å². The van der Waals surface area contributed by atoms with Crippen molar-refractivity contribution in [1.82, 2.24) is 5.32 Å². The molecule has 0 aliphatic heterocycles. The Kier molecular flexibility index (Phi) is 17.7. The number of Topliss-reactive ketones (excluding diaryl/α,β-unsaturated/α-hetero) is 1. The van der Waals surface area contributed by atoms with Gasteiger partial charge in [-0.1, -0.05) is 134 Å². The van der Waals surface area contributed by atoms with Crippen LogP contribution in [-0.2, 0) is 9.59 Å². The zero-order valence-corrected chi connectivity index (χ0v) is 21.0. The standard InChI is InChI=1S/C29H49NO2/c1-3-5-7-9-11-13-15-20-24-27(31)29(26-22-18-17-19-23-26)30-28(32)25-21-16-14-12-10-8-6-4-2/h17-19,22-23,29H,3-16,20-21,24-25H2,1-2H3,(H,30,32)/t29-/m1/s1. The molecule has 1 amide bonds. The summed E-state index contributed by atoms with van der Waals surface area (Å²) in [5.41, 5.74) is 0.904. The highest BCUT2D eigenvalue weighted by Crippen LogP contribution is 2.19. The van der Waals surface area contributed by atoms with E-state index in [1.807, 2.05) is 30.3 Å². The van der Waals surface area contributed by atoms with Crippen molar-refractivity contribution in [1.29, 1.82) is 0 Å². The third kappa shape index (κ3) is 14.4. The number of unbranched alkanes of at least 4 members (excludes halogenated alkanes) is 14. The number of benzene rings is 1. The second-order valence-corrected chi connectivity index (χ2v) is 9.33. The maximum absolute atomic E-state index is 12.9. The molecule has 0 radical (unpaired) electrons. The first-order valence-electron chi connectivity index (χ1n) is 13.6. The number of carbonyl (C=O) groups excluding carboxylic acids is 2. The van der Waals surface area contributed by atoms with Gasteiger partial charge >= 0.3 is 0 Å². The van der Waals surface area contributed by atoms with Gasteiger partial charge in [0.2, 0.25) is 5.91 Å². The molecule has 0 heterocycles. The molecule has 32 heavy (non-hydrogen) atoms. The third-order valence-electron chi connectivity index (χ3n) is 6.29. The number of nitrogens with one attached hydrogen (secondary N) is 1. The Labute approximate surface area is 198 Å². The van der Waals surface area contributed by atoms with Crippen LogP contribution in [0.2, 0.25) is 0 Å². The first-order chi connectivity index (χ1) is 15.7. The van der Waals surface area contributed by atoms with Crippen molar-refractivity contribution in [3.8, 4) is 0 Å². The van der Waals surface area contributed by atoms with Crippen molar-refractivity contribution in [2.45, 2.75) is 135 Å². The Balaban J connectivity index is 2.34. The van der Waals surface area contributed by atoms with Gasteiger partial charge in [0, 0.05) is 12.8 Å². The van der Waals surface area contributed by atoms with E-state index in [9.17, 15) is 9.59 Å². The molecule has 0 aromatic heterocycles. The molecule has 0 aliphatic carbocycles. The maximum atomic E-state index is 12.9.